The molecule has 0 bridgehead atoms. The number of benzene rings is 2. The van der Waals surface area contributed by atoms with Gasteiger partial charge >= 0.3 is 5.97 Å². The minimum atomic E-state index is -0.680. The molecule has 0 unspecified atom stereocenters. The zero-order chi connectivity index (χ0) is 23.0. The SMILES string of the molecule is COC(=O)C1=C(C)N=c2s/c(=C\c3ccc(Cl)c(Cl)c3)c(=O)n2[C@@H]1c1ccc(OC)cc1. The van der Waals surface area contributed by atoms with Crippen LogP contribution in [0.4, 0.5) is 0 Å². The van der Waals surface area contributed by atoms with Gasteiger partial charge in [-0.05, 0) is 48.4 Å². The minimum Gasteiger partial charge on any atom is -0.497 e. The van der Waals surface area contributed by atoms with Crippen molar-refractivity contribution in [1.29, 1.82) is 0 Å². The molecule has 1 aromatic heterocycles. The van der Waals surface area contributed by atoms with E-state index in [1.807, 2.05) is 12.1 Å². The Kier molecular flexibility index (Phi) is 6.24. The molecule has 0 saturated carbocycles. The summed E-state index contributed by atoms with van der Waals surface area (Å²) in [5, 5.41) is 0.830. The molecule has 0 aliphatic carbocycles. The number of carbonyl (C=O) groups excluding carboxylic acids is 1. The van der Waals surface area contributed by atoms with Crippen LogP contribution in [0.1, 0.15) is 24.1 Å². The fraction of sp³-hybridized carbons (Fsp3) is 0.174. The number of aromatic nitrogens is 1. The molecule has 2 heterocycles. The van der Waals surface area contributed by atoms with Crippen LogP contribution in [-0.2, 0) is 9.53 Å². The number of halogens is 2. The Balaban J connectivity index is 1.95. The van der Waals surface area contributed by atoms with Gasteiger partial charge in [0, 0.05) is 0 Å². The Bertz CT molecular complexity index is 1420. The van der Waals surface area contributed by atoms with Gasteiger partial charge in [-0.15, -0.1) is 0 Å². The number of hydrogen-bond donors (Lipinski definition) is 0. The predicted octanol–water partition coefficient (Wildman–Crippen LogP) is 3.72. The second kappa shape index (κ2) is 8.94. The molecule has 0 saturated heterocycles. The van der Waals surface area contributed by atoms with E-state index in [1.54, 1.807) is 50.4 Å². The Morgan fingerprint density at radius 1 is 1.12 bits per heavy atom. The highest BCUT2D eigenvalue weighted by atomic mass is 35.5. The smallest absolute Gasteiger partial charge is 0.338 e. The lowest BCUT2D eigenvalue weighted by Crippen LogP contribution is -2.39. The first-order valence-corrected chi connectivity index (χ1v) is 11.1. The van der Waals surface area contributed by atoms with E-state index in [9.17, 15) is 9.59 Å². The Hall–Kier alpha value is -2.87. The summed E-state index contributed by atoms with van der Waals surface area (Å²) < 4.78 is 12.2. The summed E-state index contributed by atoms with van der Waals surface area (Å²) in [6.07, 6.45) is 1.73. The number of methoxy groups -OCH3 is 2. The first kappa shape index (κ1) is 22.3. The van der Waals surface area contributed by atoms with Gasteiger partial charge in [-0.2, -0.15) is 0 Å². The maximum absolute atomic E-state index is 13.5. The highest BCUT2D eigenvalue weighted by Crippen LogP contribution is 2.31. The lowest BCUT2D eigenvalue weighted by atomic mass is 9.96. The van der Waals surface area contributed by atoms with Crippen LogP contribution in [0.15, 0.2) is 63.5 Å². The number of rotatable bonds is 4. The second-order valence-electron chi connectivity index (χ2n) is 7.02. The molecule has 1 aliphatic heterocycles. The second-order valence-corrected chi connectivity index (χ2v) is 8.84. The van der Waals surface area contributed by atoms with E-state index >= 15 is 0 Å². The number of carbonyl (C=O) groups is 1. The van der Waals surface area contributed by atoms with Crippen molar-refractivity contribution in [3.05, 3.63) is 94.6 Å². The van der Waals surface area contributed by atoms with Crippen molar-refractivity contribution in [3.63, 3.8) is 0 Å². The quantitative estimate of drug-likeness (QED) is 0.524. The Morgan fingerprint density at radius 3 is 2.47 bits per heavy atom. The summed E-state index contributed by atoms with van der Waals surface area (Å²) >= 11 is 13.4. The van der Waals surface area contributed by atoms with Crippen LogP contribution in [-0.4, -0.2) is 24.8 Å². The largest absolute Gasteiger partial charge is 0.497 e. The normalized spacial score (nSPS) is 15.9. The van der Waals surface area contributed by atoms with E-state index in [1.165, 1.54) is 23.0 Å². The number of ether oxygens (including phenoxy) is 2. The van der Waals surface area contributed by atoms with Gasteiger partial charge in [-0.3, -0.25) is 9.36 Å². The van der Waals surface area contributed by atoms with Crippen molar-refractivity contribution in [3.8, 4) is 5.75 Å². The maximum atomic E-state index is 13.5. The molecule has 0 fully saturated rings. The summed E-state index contributed by atoms with van der Waals surface area (Å²) in [6.45, 7) is 1.73. The van der Waals surface area contributed by atoms with Crippen LogP contribution >= 0.6 is 34.5 Å². The molecule has 32 heavy (non-hydrogen) atoms. The van der Waals surface area contributed by atoms with Gasteiger partial charge in [0.05, 0.1) is 46.1 Å². The average molecular weight is 489 g/mol. The first-order chi connectivity index (χ1) is 15.3. The molecule has 1 atom stereocenters. The van der Waals surface area contributed by atoms with Crippen LogP contribution in [0, 0.1) is 0 Å². The van der Waals surface area contributed by atoms with Gasteiger partial charge in [0.15, 0.2) is 4.80 Å². The van der Waals surface area contributed by atoms with Crippen LogP contribution in [0.5, 0.6) is 5.75 Å². The highest BCUT2D eigenvalue weighted by Gasteiger charge is 2.33. The van der Waals surface area contributed by atoms with Crippen molar-refractivity contribution in [2.45, 2.75) is 13.0 Å². The third-order valence-electron chi connectivity index (χ3n) is 5.10. The number of allylic oxidation sites excluding steroid dienone is 1. The number of esters is 1. The number of thiazole rings is 1. The number of fused-ring (bicyclic) bond motifs is 1. The van der Waals surface area contributed by atoms with Crippen molar-refractivity contribution in [2.75, 3.05) is 14.2 Å². The fourth-order valence-corrected chi connectivity index (χ4v) is 4.90. The molecule has 4 rings (SSSR count). The summed E-state index contributed by atoms with van der Waals surface area (Å²) in [7, 11) is 2.88. The standard InChI is InChI=1S/C23H18Cl2N2O4S/c1-12-19(22(29)31-3)20(14-5-7-15(30-2)8-6-14)27-21(28)18(32-23(27)26-12)11-13-4-9-16(24)17(25)10-13/h4-11,20H,1-3H3/b18-11-/t20-/m1/s1. The van der Waals surface area contributed by atoms with Crippen molar-refractivity contribution >= 4 is 46.6 Å². The van der Waals surface area contributed by atoms with Gasteiger partial charge < -0.3 is 9.47 Å². The number of nitrogens with zero attached hydrogens (tertiary/aromatic N) is 2. The van der Waals surface area contributed by atoms with Gasteiger partial charge in [-0.25, -0.2) is 9.79 Å². The molecule has 9 heteroatoms. The summed E-state index contributed by atoms with van der Waals surface area (Å²) in [4.78, 5) is 31.1. The molecule has 0 N–H and O–H groups in total. The first-order valence-electron chi connectivity index (χ1n) is 9.54. The summed E-state index contributed by atoms with van der Waals surface area (Å²) in [6, 6.07) is 11.7. The van der Waals surface area contributed by atoms with Crippen LogP contribution in [0.3, 0.4) is 0 Å². The number of hydrogen-bond acceptors (Lipinski definition) is 6. The molecule has 6 nitrogen and oxygen atoms in total. The lowest BCUT2D eigenvalue weighted by molar-refractivity contribution is -0.136. The van der Waals surface area contributed by atoms with E-state index in [0.717, 1.165) is 11.1 Å². The van der Waals surface area contributed by atoms with Crippen molar-refractivity contribution in [1.82, 2.24) is 4.57 Å². The van der Waals surface area contributed by atoms with Crippen LogP contribution < -0.4 is 19.6 Å². The molecule has 164 valence electrons. The molecule has 0 spiro atoms. The van der Waals surface area contributed by atoms with Crippen LogP contribution in [0.2, 0.25) is 10.0 Å². The van der Waals surface area contributed by atoms with E-state index in [-0.39, 0.29) is 5.56 Å². The molecule has 3 aromatic rings. The molecule has 2 aromatic carbocycles. The Morgan fingerprint density at radius 2 is 1.84 bits per heavy atom. The van der Waals surface area contributed by atoms with E-state index in [0.29, 0.717) is 36.4 Å². The van der Waals surface area contributed by atoms with Crippen LogP contribution in [0.25, 0.3) is 6.08 Å². The third-order valence-corrected chi connectivity index (χ3v) is 6.82. The van der Waals surface area contributed by atoms with Crippen molar-refractivity contribution in [2.24, 2.45) is 4.99 Å². The molecular weight excluding hydrogens is 471 g/mol. The minimum absolute atomic E-state index is 0.269. The molecule has 0 radical (unpaired) electrons. The summed E-state index contributed by atoms with van der Waals surface area (Å²) in [5.41, 5.74) is 2.01. The predicted molar refractivity (Wildman–Crippen MR) is 125 cm³/mol. The Labute approximate surface area is 197 Å². The van der Waals surface area contributed by atoms with Gasteiger partial charge in [-0.1, -0.05) is 52.7 Å². The van der Waals surface area contributed by atoms with E-state index < -0.39 is 12.0 Å². The van der Waals surface area contributed by atoms with Crippen molar-refractivity contribution < 1.29 is 14.3 Å². The molecule has 0 amide bonds. The maximum Gasteiger partial charge on any atom is 0.338 e. The lowest BCUT2D eigenvalue weighted by Gasteiger charge is -2.24. The monoisotopic (exact) mass is 488 g/mol. The van der Waals surface area contributed by atoms with E-state index in [2.05, 4.69) is 4.99 Å². The van der Waals surface area contributed by atoms with Gasteiger partial charge in [0.1, 0.15) is 5.75 Å². The fourth-order valence-electron chi connectivity index (χ4n) is 3.55. The summed E-state index contributed by atoms with van der Waals surface area (Å²) in [5.74, 6) is 0.131. The highest BCUT2D eigenvalue weighted by molar-refractivity contribution is 7.07. The molecule has 1 aliphatic rings. The zero-order valence-electron chi connectivity index (χ0n) is 17.4. The zero-order valence-corrected chi connectivity index (χ0v) is 19.7. The topological polar surface area (TPSA) is 69.9 Å². The van der Waals surface area contributed by atoms with E-state index in [4.69, 9.17) is 32.7 Å². The van der Waals surface area contributed by atoms with Gasteiger partial charge in [0.2, 0.25) is 0 Å². The molecular formula is C23H18Cl2N2O4S. The van der Waals surface area contributed by atoms with Gasteiger partial charge in [0.25, 0.3) is 5.56 Å². The third kappa shape index (κ3) is 3.99. The average Bonchev–Trinajstić information content (AvgIpc) is 3.09.